The van der Waals surface area contributed by atoms with Gasteiger partial charge in [-0.3, -0.25) is 5.32 Å². The van der Waals surface area contributed by atoms with Crippen molar-refractivity contribution in [3.8, 4) is 0 Å². The van der Waals surface area contributed by atoms with Gasteiger partial charge in [0.05, 0.1) is 11.6 Å². The summed E-state index contributed by atoms with van der Waals surface area (Å²) in [6.07, 6.45) is 8.31. The van der Waals surface area contributed by atoms with Crippen LogP contribution in [0.3, 0.4) is 0 Å². The molecule has 0 spiro atoms. The second-order valence-electron chi connectivity index (χ2n) is 11.7. The first-order chi connectivity index (χ1) is 14.2. The van der Waals surface area contributed by atoms with Gasteiger partial charge in [0.1, 0.15) is 0 Å². The molecule has 4 saturated carbocycles. The molecule has 2 aromatic rings. The predicted molar refractivity (Wildman–Crippen MR) is 119 cm³/mol. The van der Waals surface area contributed by atoms with Crippen LogP contribution in [0.25, 0.3) is 0 Å². The highest BCUT2D eigenvalue weighted by molar-refractivity contribution is 5.31. The Hall–Kier alpha value is -1.75. The number of tetrazole rings is 1. The van der Waals surface area contributed by atoms with Crippen LogP contribution in [0.5, 0.6) is 0 Å². The topological polar surface area (TPSA) is 55.6 Å². The number of nitrogens with zero attached hydrogens (tertiary/aromatic N) is 4. The van der Waals surface area contributed by atoms with E-state index < -0.39 is 0 Å². The summed E-state index contributed by atoms with van der Waals surface area (Å²) in [5, 5.41) is 17.2. The van der Waals surface area contributed by atoms with Gasteiger partial charge in [0, 0.05) is 5.54 Å². The monoisotopic (exact) mass is 407 g/mol. The average Bonchev–Trinajstić information content (AvgIpc) is 3.15. The van der Waals surface area contributed by atoms with Crippen molar-refractivity contribution in [1.82, 2.24) is 25.5 Å². The number of benzene rings is 1. The van der Waals surface area contributed by atoms with Crippen molar-refractivity contribution in [2.45, 2.75) is 96.2 Å². The zero-order chi connectivity index (χ0) is 21.1. The number of aromatic nitrogens is 4. The third-order valence-corrected chi connectivity index (χ3v) is 7.81. The van der Waals surface area contributed by atoms with Crippen LogP contribution in [0.15, 0.2) is 24.3 Å². The van der Waals surface area contributed by atoms with Gasteiger partial charge < -0.3 is 0 Å². The molecule has 6 rings (SSSR count). The molecule has 1 atom stereocenters. The summed E-state index contributed by atoms with van der Waals surface area (Å²) >= 11 is 0. The van der Waals surface area contributed by atoms with E-state index in [1.54, 1.807) is 0 Å². The molecule has 4 fully saturated rings. The molecule has 0 aliphatic heterocycles. The van der Waals surface area contributed by atoms with Crippen molar-refractivity contribution in [2.24, 2.45) is 17.8 Å². The fourth-order valence-corrected chi connectivity index (χ4v) is 6.82. The van der Waals surface area contributed by atoms with E-state index >= 15 is 0 Å². The van der Waals surface area contributed by atoms with Crippen molar-refractivity contribution in [3.63, 3.8) is 0 Å². The minimum absolute atomic E-state index is 0.0247. The number of hydrogen-bond donors (Lipinski definition) is 1. The zero-order valence-electron chi connectivity index (χ0n) is 19.2. The summed E-state index contributed by atoms with van der Waals surface area (Å²) in [7, 11) is 0. The minimum atomic E-state index is -0.155. The maximum Gasteiger partial charge on any atom is 0.173 e. The third kappa shape index (κ3) is 3.59. The summed E-state index contributed by atoms with van der Waals surface area (Å²) in [6, 6.07) is 9.15. The normalized spacial score (nSPS) is 31.5. The molecule has 1 unspecified atom stereocenters. The van der Waals surface area contributed by atoms with Gasteiger partial charge in [0.15, 0.2) is 5.82 Å². The first-order valence-electron chi connectivity index (χ1n) is 11.9. The third-order valence-electron chi connectivity index (χ3n) is 7.81. The largest absolute Gasteiger partial charge is 0.298 e. The maximum absolute atomic E-state index is 4.55. The fourth-order valence-electron chi connectivity index (χ4n) is 6.82. The molecular weight excluding hydrogens is 370 g/mol. The Morgan fingerprint density at radius 2 is 1.47 bits per heavy atom. The molecule has 0 radical (unpaired) electrons. The van der Waals surface area contributed by atoms with Gasteiger partial charge >= 0.3 is 0 Å². The van der Waals surface area contributed by atoms with Crippen LogP contribution in [-0.2, 0) is 5.54 Å². The van der Waals surface area contributed by atoms with Gasteiger partial charge in [-0.25, -0.2) is 4.68 Å². The van der Waals surface area contributed by atoms with E-state index in [1.165, 1.54) is 49.7 Å². The number of nitrogens with one attached hydrogen (secondary N) is 1. The molecule has 5 heteroatoms. The quantitative estimate of drug-likeness (QED) is 0.740. The van der Waals surface area contributed by atoms with E-state index in [-0.39, 0.29) is 17.1 Å². The average molecular weight is 408 g/mol. The Kier molecular flexibility index (Phi) is 4.81. The highest BCUT2D eigenvalue weighted by Gasteiger charge is 2.52. The van der Waals surface area contributed by atoms with Crippen molar-refractivity contribution in [2.75, 3.05) is 0 Å². The van der Waals surface area contributed by atoms with E-state index in [1.807, 2.05) is 4.68 Å². The zero-order valence-corrected chi connectivity index (χ0v) is 19.2. The molecule has 1 heterocycles. The molecule has 162 valence electrons. The van der Waals surface area contributed by atoms with Crippen LogP contribution in [-0.4, -0.2) is 25.7 Å². The summed E-state index contributed by atoms with van der Waals surface area (Å²) in [4.78, 5) is 0. The van der Waals surface area contributed by atoms with Gasteiger partial charge in [-0.2, -0.15) is 0 Å². The summed E-state index contributed by atoms with van der Waals surface area (Å²) in [5.74, 6) is 4.20. The molecule has 5 nitrogen and oxygen atoms in total. The van der Waals surface area contributed by atoms with E-state index in [9.17, 15) is 0 Å². The van der Waals surface area contributed by atoms with E-state index in [0.717, 1.165) is 23.6 Å². The van der Waals surface area contributed by atoms with Crippen LogP contribution in [0.4, 0.5) is 0 Å². The maximum atomic E-state index is 4.55. The molecule has 4 bridgehead atoms. The molecule has 4 aliphatic carbocycles. The SMILES string of the molecule is CC(C)c1ccc(C(NC23CC4CC(CC(C4)C2)C3)c2nnnn2C(C)(C)C)cc1. The lowest BCUT2D eigenvalue weighted by molar-refractivity contribution is -0.0241. The highest BCUT2D eigenvalue weighted by Crippen LogP contribution is 2.56. The standard InChI is InChI=1S/C25H37N5/c1-16(2)20-6-8-21(9-7-20)22(23-27-28-29-30(23)24(3,4)5)26-25-13-17-10-18(14-25)12-19(11-17)15-25/h6-9,16-19,22,26H,10-15H2,1-5H3. The summed E-state index contributed by atoms with van der Waals surface area (Å²) in [5.41, 5.74) is 2.74. The second kappa shape index (κ2) is 7.15. The Morgan fingerprint density at radius 1 is 0.933 bits per heavy atom. The number of rotatable bonds is 5. The molecule has 0 amide bonds. The van der Waals surface area contributed by atoms with Gasteiger partial charge in [-0.1, -0.05) is 38.1 Å². The van der Waals surface area contributed by atoms with Crippen molar-refractivity contribution >= 4 is 0 Å². The van der Waals surface area contributed by atoms with Gasteiger partial charge in [-0.05, 0) is 105 Å². The molecule has 1 aromatic heterocycles. The minimum Gasteiger partial charge on any atom is -0.298 e. The van der Waals surface area contributed by atoms with Crippen LogP contribution in [0.1, 0.15) is 102 Å². The molecule has 0 saturated heterocycles. The molecular formula is C25H37N5. The first-order valence-corrected chi connectivity index (χ1v) is 11.9. The molecule has 1 aromatic carbocycles. The van der Waals surface area contributed by atoms with Gasteiger partial charge in [0.25, 0.3) is 0 Å². The Balaban J connectivity index is 1.53. The van der Waals surface area contributed by atoms with E-state index in [0.29, 0.717) is 5.92 Å². The smallest absolute Gasteiger partial charge is 0.173 e. The summed E-state index contributed by atoms with van der Waals surface area (Å²) in [6.45, 7) is 11.0. The lowest BCUT2D eigenvalue weighted by Crippen LogP contribution is -2.59. The van der Waals surface area contributed by atoms with E-state index in [2.05, 4.69) is 79.7 Å². The lowest BCUT2D eigenvalue weighted by atomic mass is 9.53. The van der Waals surface area contributed by atoms with Crippen LogP contribution < -0.4 is 5.32 Å². The number of hydrogen-bond acceptors (Lipinski definition) is 4. The Labute approximate surface area is 181 Å². The van der Waals surface area contributed by atoms with Crippen LogP contribution in [0, 0.1) is 17.8 Å². The van der Waals surface area contributed by atoms with Crippen LogP contribution >= 0.6 is 0 Å². The molecule has 4 aliphatic rings. The fraction of sp³-hybridized carbons (Fsp3) is 0.720. The highest BCUT2D eigenvalue weighted by atomic mass is 15.6. The summed E-state index contributed by atoms with van der Waals surface area (Å²) < 4.78 is 2.02. The second-order valence-corrected chi connectivity index (χ2v) is 11.7. The van der Waals surface area contributed by atoms with Crippen molar-refractivity contribution < 1.29 is 0 Å². The van der Waals surface area contributed by atoms with Gasteiger partial charge in [-0.15, -0.1) is 5.10 Å². The molecule has 1 N–H and O–H groups in total. The molecule has 30 heavy (non-hydrogen) atoms. The van der Waals surface area contributed by atoms with E-state index in [4.69, 9.17) is 0 Å². The van der Waals surface area contributed by atoms with Crippen LogP contribution in [0.2, 0.25) is 0 Å². The first kappa shape index (κ1) is 20.2. The Bertz CT molecular complexity index is 854. The lowest BCUT2D eigenvalue weighted by Gasteiger charge is -2.58. The van der Waals surface area contributed by atoms with Crippen molar-refractivity contribution in [3.05, 3.63) is 41.2 Å². The van der Waals surface area contributed by atoms with Crippen molar-refractivity contribution in [1.29, 1.82) is 0 Å². The van der Waals surface area contributed by atoms with Gasteiger partial charge in [0.2, 0.25) is 0 Å². The predicted octanol–water partition coefficient (Wildman–Crippen LogP) is 5.20. The Morgan fingerprint density at radius 3 is 1.97 bits per heavy atom.